The largest absolute Gasteiger partial charge is 0.475 e. The highest BCUT2D eigenvalue weighted by Crippen LogP contribution is 2.21. The number of rotatable bonds is 7. The molecule has 0 bridgehead atoms. The van der Waals surface area contributed by atoms with Gasteiger partial charge >= 0.3 is 5.97 Å². The Kier molecular flexibility index (Phi) is 5.09. The Morgan fingerprint density at radius 3 is 2.90 bits per heavy atom. The molecule has 4 nitrogen and oxygen atoms in total. The third-order valence-corrected chi connectivity index (χ3v) is 3.98. The number of hydrogen-bond acceptors (Lipinski definition) is 4. The van der Waals surface area contributed by atoms with Gasteiger partial charge in [0.25, 0.3) is 0 Å². The molecule has 2 aromatic rings. The number of furan rings is 1. The topological polar surface area (TPSA) is 62.5 Å². The highest BCUT2D eigenvalue weighted by Gasteiger charge is 2.11. The number of carboxylic acid groups (broad SMARTS) is 1. The van der Waals surface area contributed by atoms with Crippen molar-refractivity contribution in [1.82, 2.24) is 5.32 Å². The van der Waals surface area contributed by atoms with Crippen molar-refractivity contribution in [2.45, 2.75) is 25.9 Å². The summed E-state index contributed by atoms with van der Waals surface area (Å²) >= 11 is 1.84. The van der Waals surface area contributed by atoms with Crippen LogP contribution in [0, 0.1) is 0 Å². The molecule has 0 fully saturated rings. The maximum Gasteiger partial charge on any atom is 0.371 e. The summed E-state index contributed by atoms with van der Waals surface area (Å²) in [7, 11) is 0. The van der Waals surface area contributed by atoms with E-state index in [1.807, 2.05) is 30.0 Å². The number of carbonyl (C=O) groups is 1. The molecule has 0 spiro atoms. The van der Waals surface area contributed by atoms with E-state index in [-0.39, 0.29) is 5.76 Å². The van der Waals surface area contributed by atoms with Gasteiger partial charge in [-0.05, 0) is 36.4 Å². The van der Waals surface area contributed by atoms with Crippen molar-refractivity contribution in [3.63, 3.8) is 0 Å². The van der Waals surface area contributed by atoms with Gasteiger partial charge in [-0.2, -0.15) is 11.8 Å². The Balaban J connectivity index is 2.09. The Hall–Kier alpha value is -1.46. The van der Waals surface area contributed by atoms with Crippen LogP contribution in [-0.2, 0) is 6.54 Å². The summed E-state index contributed by atoms with van der Waals surface area (Å²) in [6, 6.07) is 7.84. The molecule has 0 aliphatic carbocycles. The number of carboxylic acids is 1. The molecular weight excluding hydrogens is 274 g/mol. The highest BCUT2D eigenvalue weighted by molar-refractivity contribution is 7.98. The van der Waals surface area contributed by atoms with Gasteiger partial charge < -0.3 is 14.8 Å². The average Bonchev–Trinajstić information content (AvgIpc) is 2.86. The SMILES string of the molecule is CCC(CSC)NCc1ccc2oc(C(=O)O)cc2c1. The van der Waals surface area contributed by atoms with Crippen LogP contribution in [-0.4, -0.2) is 29.1 Å². The molecule has 2 N–H and O–H groups in total. The van der Waals surface area contributed by atoms with Crippen molar-refractivity contribution < 1.29 is 14.3 Å². The molecule has 0 amide bonds. The minimum Gasteiger partial charge on any atom is -0.475 e. The van der Waals surface area contributed by atoms with Gasteiger partial charge in [-0.25, -0.2) is 4.79 Å². The maximum absolute atomic E-state index is 10.9. The zero-order valence-corrected chi connectivity index (χ0v) is 12.5. The average molecular weight is 293 g/mol. The summed E-state index contributed by atoms with van der Waals surface area (Å²) < 4.78 is 5.25. The monoisotopic (exact) mass is 293 g/mol. The Morgan fingerprint density at radius 1 is 1.45 bits per heavy atom. The molecule has 20 heavy (non-hydrogen) atoms. The van der Waals surface area contributed by atoms with Gasteiger partial charge in [0, 0.05) is 23.7 Å². The number of nitrogens with one attached hydrogen (secondary N) is 1. The van der Waals surface area contributed by atoms with Crippen LogP contribution >= 0.6 is 11.8 Å². The lowest BCUT2D eigenvalue weighted by molar-refractivity contribution is 0.0665. The van der Waals surface area contributed by atoms with Crippen LogP contribution in [0.1, 0.15) is 29.5 Å². The van der Waals surface area contributed by atoms with Gasteiger partial charge in [-0.15, -0.1) is 0 Å². The molecule has 108 valence electrons. The number of hydrogen-bond donors (Lipinski definition) is 2. The lowest BCUT2D eigenvalue weighted by Crippen LogP contribution is -2.30. The van der Waals surface area contributed by atoms with Gasteiger partial charge in [0.1, 0.15) is 5.58 Å². The molecule has 0 aliphatic rings. The number of fused-ring (bicyclic) bond motifs is 1. The van der Waals surface area contributed by atoms with E-state index < -0.39 is 5.97 Å². The minimum absolute atomic E-state index is 0.0149. The van der Waals surface area contributed by atoms with Crippen molar-refractivity contribution in [1.29, 1.82) is 0 Å². The fourth-order valence-corrected chi connectivity index (χ4v) is 2.85. The first kappa shape index (κ1) is 14.9. The van der Waals surface area contributed by atoms with Gasteiger partial charge in [-0.3, -0.25) is 0 Å². The normalized spacial score (nSPS) is 12.7. The Labute approximate surface area is 122 Å². The molecule has 0 saturated heterocycles. The second-order valence-electron chi connectivity index (χ2n) is 4.73. The van der Waals surface area contributed by atoms with Crippen LogP contribution in [0.5, 0.6) is 0 Å². The molecule has 5 heteroatoms. The molecule has 0 radical (unpaired) electrons. The van der Waals surface area contributed by atoms with Crippen molar-refractivity contribution in [2.24, 2.45) is 0 Å². The molecule has 1 heterocycles. The fraction of sp³-hybridized carbons (Fsp3) is 0.400. The van der Waals surface area contributed by atoms with Crippen LogP contribution in [0.15, 0.2) is 28.7 Å². The van der Waals surface area contributed by atoms with Crippen LogP contribution in [0.2, 0.25) is 0 Å². The summed E-state index contributed by atoms with van der Waals surface area (Å²) in [5.74, 6) is 0.0407. The summed E-state index contributed by atoms with van der Waals surface area (Å²) in [6.45, 7) is 2.95. The van der Waals surface area contributed by atoms with E-state index in [1.165, 1.54) is 0 Å². The molecule has 1 unspecified atom stereocenters. The van der Waals surface area contributed by atoms with Gasteiger partial charge in [0.05, 0.1) is 0 Å². The summed E-state index contributed by atoms with van der Waals surface area (Å²) in [4.78, 5) is 10.9. The number of benzene rings is 1. The molecule has 0 saturated carbocycles. The number of thioether (sulfide) groups is 1. The summed E-state index contributed by atoms with van der Waals surface area (Å²) in [6.07, 6.45) is 3.20. The minimum atomic E-state index is -1.04. The zero-order chi connectivity index (χ0) is 14.5. The van der Waals surface area contributed by atoms with E-state index in [2.05, 4.69) is 18.5 Å². The van der Waals surface area contributed by atoms with Crippen LogP contribution in [0.4, 0.5) is 0 Å². The smallest absolute Gasteiger partial charge is 0.371 e. The first-order chi connectivity index (χ1) is 9.63. The molecule has 2 rings (SSSR count). The number of aromatic carboxylic acids is 1. The quantitative estimate of drug-likeness (QED) is 0.819. The second-order valence-corrected chi connectivity index (χ2v) is 5.64. The van der Waals surface area contributed by atoms with E-state index in [0.29, 0.717) is 11.6 Å². The Morgan fingerprint density at radius 2 is 2.25 bits per heavy atom. The lowest BCUT2D eigenvalue weighted by atomic mass is 10.1. The standard InChI is InChI=1S/C15H19NO3S/c1-3-12(9-20-2)16-8-10-4-5-13-11(6-10)7-14(19-13)15(17)18/h4-7,12,16H,3,8-9H2,1-2H3,(H,17,18). The van der Waals surface area contributed by atoms with E-state index in [9.17, 15) is 4.79 Å². The maximum atomic E-state index is 10.9. The first-order valence-electron chi connectivity index (χ1n) is 6.62. The van der Waals surface area contributed by atoms with E-state index in [4.69, 9.17) is 9.52 Å². The zero-order valence-electron chi connectivity index (χ0n) is 11.7. The van der Waals surface area contributed by atoms with Crippen molar-refractivity contribution in [2.75, 3.05) is 12.0 Å². The van der Waals surface area contributed by atoms with Crippen molar-refractivity contribution >= 4 is 28.7 Å². The lowest BCUT2D eigenvalue weighted by Gasteiger charge is -2.15. The first-order valence-corrected chi connectivity index (χ1v) is 8.01. The van der Waals surface area contributed by atoms with Crippen LogP contribution in [0.25, 0.3) is 11.0 Å². The third-order valence-electron chi connectivity index (χ3n) is 3.25. The second kappa shape index (κ2) is 6.81. The molecular formula is C15H19NO3S. The van der Waals surface area contributed by atoms with Crippen LogP contribution < -0.4 is 5.32 Å². The summed E-state index contributed by atoms with van der Waals surface area (Å²) in [5, 5.41) is 13.3. The van der Waals surface area contributed by atoms with Crippen molar-refractivity contribution in [3.05, 3.63) is 35.6 Å². The van der Waals surface area contributed by atoms with Gasteiger partial charge in [0.2, 0.25) is 5.76 Å². The highest BCUT2D eigenvalue weighted by atomic mass is 32.2. The molecule has 1 atom stereocenters. The van der Waals surface area contributed by atoms with E-state index in [1.54, 1.807) is 6.07 Å². The van der Waals surface area contributed by atoms with E-state index in [0.717, 1.165) is 29.7 Å². The van der Waals surface area contributed by atoms with Gasteiger partial charge in [0.15, 0.2) is 0 Å². The van der Waals surface area contributed by atoms with Crippen molar-refractivity contribution in [3.8, 4) is 0 Å². The third kappa shape index (κ3) is 3.55. The fourth-order valence-electron chi connectivity index (χ4n) is 2.09. The predicted molar refractivity (Wildman–Crippen MR) is 82.5 cm³/mol. The molecule has 1 aromatic heterocycles. The van der Waals surface area contributed by atoms with Crippen LogP contribution in [0.3, 0.4) is 0 Å². The molecule has 1 aromatic carbocycles. The Bertz CT molecular complexity index is 594. The van der Waals surface area contributed by atoms with E-state index >= 15 is 0 Å². The van der Waals surface area contributed by atoms with Gasteiger partial charge in [-0.1, -0.05) is 13.0 Å². The predicted octanol–water partition coefficient (Wildman–Crippen LogP) is 3.36. The summed E-state index contributed by atoms with van der Waals surface area (Å²) in [5.41, 5.74) is 1.75. The molecule has 0 aliphatic heterocycles.